The summed E-state index contributed by atoms with van der Waals surface area (Å²) in [7, 11) is 0. The first-order valence-electron chi connectivity index (χ1n) is 47.5. The largest absolute Gasteiger partial charge is 0.480 e. The van der Waals surface area contributed by atoms with Gasteiger partial charge >= 0.3 is 5.97 Å². The summed E-state index contributed by atoms with van der Waals surface area (Å²) in [5, 5.41) is 46.5. The summed E-state index contributed by atoms with van der Waals surface area (Å²) in [5.74, 6) is -18.4. The number of nitrogens with one attached hydrogen (secondary N) is 14. The summed E-state index contributed by atoms with van der Waals surface area (Å²) >= 11 is 0. The van der Waals surface area contributed by atoms with E-state index in [1.54, 1.807) is 69.2 Å². The van der Waals surface area contributed by atoms with Crippen LogP contribution in [0.1, 0.15) is 237 Å². The fourth-order valence-corrected chi connectivity index (χ4v) is 15.1. The number of primary amides is 1. The van der Waals surface area contributed by atoms with Crippen LogP contribution < -0.4 is 138 Å². The van der Waals surface area contributed by atoms with Crippen LogP contribution in [0.5, 0.6) is 0 Å². The molecule has 17 amide bonds. The van der Waals surface area contributed by atoms with Crippen molar-refractivity contribution in [3.8, 4) is 0 Å². The van der Waals surface area contributed by atoms with Gasteiger partial charge in [0.05, 0.1) is 12.6 Å². The van der Waals surface area contributed by atoms with Gasteiger partial charge in [0.2, 0.25) is 100 Å². The minimum atomic E-state index is -1.60. The van der Waals surface area contributed by atoms with Crippen molar-refractivity contribution in [3.63, 3.8) is 0 Å². The highest BCUT2D eigenvalue weighted by Gasteiger charge is 2.46. The molecule has 2 heterocycles. The standard InChI is InChI=1S/C87H160N30O19/c1-13-49(9)67(79(130)102-45-64(119)105-54(29-21-39-99-85(93)94)72(123)103-51(11)69(120)106-55(27-16-19-37-89)73(124)108-57(30-22-40-100-86(95)96)75(126)112-65(47(5)6)80(131)113-66(48(7)8)81(132)115-68(84(135)136)50(10)14-2)114-76(127)58(34-35-63(92)118)107-70(121)52(12)104-77(128)60(44-46(3)4)111-74(125)56(28-17-20-38-90)109-78(129)61-32-24-42-116(61)83(134)62-33-25-43-117(62)82(133)59(31-23-41-101-87(97)98)110-71(122)53(91)26-15-18-36-88/h46-62,65-68H,13-45,88-91H2,1-12H3,(H2,92,118)(H,102,130)(H,103,123)(H,104,128)(H,105,119)(H,106,120)(H,107,121)(H,108,124)(H,109,129)(H,110,122)(H,111,125)(H,112,126)(H,113,131)(H,114,127)(H,115,132)(H,135,136)(H4,93,94,99)(H4,95,96,100)(H4,97,98,101)/t49-,50-,51-,52-,53-,54-,55-,56-,57-,58-,59-,60-,61-,62-,65-,66-,67-,68-/m0/s1. The molecule has 2 fully saturated rings. The van der Waals surface area contributed by atoms with Crippen molar-refractivity contribution < 1.29 is 91.4 Å². The number of hydrogen-bond acceptors (Lipinski definition) is 25. The first kappa shape index (κ1) is 120. The van der Waals surface area contributed by atoms with Crippen LogP contribution in [0, 0.1) is 29.6 Å². The Bertz CT molecular complexity index is 4010. The summed E-state index contributed by atoms with van der Waals surface area (Å²) in [6.45, 7) is 19.7. The maximum atomic E-state index is 14.7. The van der Waals surface area contributed by atoms with Crippen molar-refractivity contribution in [2.45, 2.75) is 334 Å². The average Bonchev–Trinajstić information content (AvgIpc) is 1.64. The molecule has 2 aliphatic heterocycles. The summed E-state index contributed by atoms with van der Waals surface area (Å²) in [6, 6.07) is -20.8. The number of nitrogens with two attached hydrogens (primary N) is 11. The van der Waals surface area contributed by atoms with Crippen molar-refractivity contribution >= 4 is 124 Å². The second kappa shape index (κ2) is 63.4. The number of carboxylic acid groups (broad SMARTS) is 1. The third kappa shape index (κ3) is 43.8. The molecule has 0 aliphatic carbocycles. The van der Waals surface area contributed by atoms with Gasteiger partial charge in [-0.2, -0.15) is 0 Å². The normalized spacial score (nSPS) is 17.0. The summed E-state index contributed by atoms with van der Waals surface area (Å²) in [4.78, 5) is 267. The van der Waals surface area contributed by atoms with Crippen LogP contribution in [0.4, 0.5) is 0 Å². The van der Waals surface area contributed by atoms with E-state index in [0.717, 1.165) is 0 Å². The number of carboxylic acids is 1. The highest BCUT2D eigenvalue weighted by Crippen LogP contribution is 2.28. The molecule has 0 unspecified atom stereocenters. The smallest absolute Gasteiger partial charge is 0.326 e. The van der Waals surface area contributed by atoms with Crippen LogP contribution in [0.25, 0.3) is 0 Å². The van der Waals surface area contributed by atoms with E-state index in [-0.39, 0.29) is 153 Å². The molecule has 2 saturated heterocycles. The van der Waals surface area contributed by atoms with E-state index in [0.29, 0.717) is 64.3 Å². The molecule has 0 aromatic heterocycles. The molecule has 0 spiro atoms. The SMILES string of the molecule is CC[C@H](C)[C@H](NC(=O)[C@@H](NC(=O)[C@@H](NC(=O)[C@H](CCCN=C(N)N)NC(=O)[C@H](CCCCN)NC(=O)[C@H](C)NC(=O)[C@H](CCCN=C(N)N)NC(=O)CNC(=O)[C@@H](NC(=O)[C@H](CCC(N)=O)NC(=O)[C@H](C)NC(=O)[C@H](CC(C)C)NC(=O)[C@H](CCCCN)NC(=O)[C@@H]1CCCN1C(=O)[C@@H]1CCCN1C(=O)[C@H](CCCN=C(N)N)NC(=O)[C@@H](N)CCCCN)[C@@H](C)CC)C(C)C)C(C)C)C(=O)O. The Kier molecular flexibility index (Phi) is 56.1. The fourth-order valence-electron chi connectivity index (χ4n) is 15.1. The second-order valence-corrected chi connectivity index (χ2v) is 36.0. The van der Waals surface area contributed by atoms with E-state index in [9.17, 15) is 91.4 Å². The molecule has 0 radical (unpaired) electrons. The number of likely N-dealkylation sites (tertiary alicyclic amines) is 2. The van der Waals surface area contributed by atoms with E-state index in [1.807, 2.05) is 0 Å². The zero-order valence-electron chi connectivity index (χ0n) is 81.3. The number of hydrogen-bond donors (Lipinski definition) is 26. The molecule has 0 aromatic rings. The van der Waals surface area contributed by atoms with Crippen molar-refractivity contribution in [2.75, 3.05) is 58.9 Å². The number of rotatable bonds is 66. The molecule has 2 aliphatic rings. The number of carbonyl (C=O) groups is 18. The monoisotopic (exact) mass is 1930 g/mol. The molecular weight excluding hydrogens is 1770 g/mol. The first-order chi connectivity index (χ1) is 64.1. The molecular formula is C87H160N30O19. The number of guanidine groups is 3. The van der Waals surface area contributed by atoms with E-state index in [4.69, 9.17) is 63.1 Å². The van der Waals surface area contributed by atoms with Crippen molar-refractivity contribution in [1.82, 2.24) is 84.2 Å². The minimum Gasteiger partial charge on any atom is -0.480 e. The quantitative estimate of drug-likeness (QED) is 0.0153. The Balaban J connectivity index is 2.39. The zero-order chi connectivity index (χ0) is 103. The first-order valence-corrected chi connectivity index (χ1v) is 47.5. The van der Waals surface area contributed by atoms with Gasteiger partial charge in [0.25, 0.3) is 0 Å². The van der Waals surface area contributed by atoms with Crippen LogP contribution in [0.15, 0.2) is 15.0 Å². The molecule has 0 saturated carbocycles. The van der Waals surface area contributed by atoms with Gasteiger partial charge in [0, 0.05) is 39.1 Å². The van der Waals surface area contributed by atoms with E-state index >= 15 is 0 Å². The lowest BCUT2D eigenvalue weighted by molar-refractivity contribution is -0.148. The van der Waals surface area contributed by atoms with Gasteiger partial charge in [0.15, 0.2) is 17.9 Å². The second-order valence-electron chi connectivity index (χ2n) is 36.0. The van der Waals surface area contributed by atoms with Gasteiger partial charge in [-0.1, -0.05) is 88.5 Å². The van der Waals surface area contributed by atoms with Crippen LogP contribution in [0.3, 0.4) is 0 Å². The van der Waals surface area contributed by atoms with Crippen molar-refractivity contribution in [3.05, 3.63) is 0 Å². The maximum absolute atomic E-state index is 14.7. The van der Waals surface area contributed by atoms with E-state index in [2.05, 4.69) is 89.4 Å². The van der Waals surface area contributed by atoms with Crippen LogP contribution in [0.2, 0.25) is 0 Å². The summed E-state index contributed by atoms with van der Waals surface area (Å²) < 4.78 is 0. The average molecular weight is 1930 g/mol. The minimum absolute atomic E-state index is 0.00321. The Morgan fingerprint density at radius 1 is 0.368 bits per heavy atom. The van der Waals surface area contributed by atoms with Crippen LogP contribution in [-0.4, -0.2) is 295 Å². The van der Waals surface area contributed by atoms with Crippen LogP contribution >= 0.6 is 0 Å². The highest BCUT2D eigenvalue weighted by atomic mass is 16.4. The predicted octanol–water partition coefficient (Wildman–Crippen LogP) is -6.90. The summed E-state index contributed by atoms with van der Waals surface area (Å²) in [5.41, 5.74) is 62.4. The van der Waals surface area contributed by atoms with Gasteiger partial charge in [-0.25, -0.2) is 4.79 Å². The van der Waals surface area contributed by atoms with E-state index in [1.165, 1.54) is 23.6 Å². The maximum Gasteiger partial charge on any atom is 0.326 e. The number of unbranched alkanes of at least 4 members (excludes halogenated alkanes) is 3. The topological polar surface area (TPSA) is 826 Å². The highest BCUT2D eigenvalue weighted by molar-refractivity contribution is 6.01. The lowest BCUT2D eigenvalue weighted by Crippen LogP contribution is -2.61. The molecule has 49 nitrogen and oxygen atoms in total. The number of aliphatic imine (C=N–C) groups is 3. The Hall–Kier alpha value is -11.9. The molecule has 18 atom stereocenters. The third-order valence-corrected chi connectivity index (χ3v) is 23.5. The summed E-state index contributed by atoms with van der Waals surface area (Å²) in [6.07, 6.45) is 4.27. The van der Waals surface area contributed by atoms with Crippen molar-refractivity contribution in [1.29, 1.82) is 0 Å². The lowest BCUT2D eigenvalue weighted by atomic mass is 9.96. The molecule has 37 N–H and O–H groups in total. The van der Waals surface area contributed by atoms with Gasteiger partial charge in [0.1, 0.15) is 90.6 Å². The Morgan fingerprint density at radius 3 is 1.17 bits per heavy atom. The molecule has 772 valence electrons. The van der Waals surface area contributed by atoms with Gasteiger partial charge in [-0.05, 0) is 191 Å². The molecule has 0 aromatic carbocycles. The van der Waals surface area contributed by atoms with Crippen molar-refractivity contribution in [2.24, 2.45) is 108 Å². The van der Waals surface area contributed by atoms with Gasteiger partial charge in [-0.3, -0.25) is 96.5 Å². The molecule has 136 heavy (non-hydrogen) atoms. The number of aliphatic carboxylic acids is 1. The lowest BCUT2D eigenvalue weighted by Gasteiger charge is -2.33. The fraction of sp³-hybridized carbons (Fsp3) is 0.759. The number of nitrogens with zero attached hydrogens (tertiary/aromatic N) is 5. The third-order valence-electron chi connectivity index (χ3n) is 23.5. The van der Waals surface area contributed by atoms with E-state index < -0.39 is 246 Å². The molecule has 0 bridgehead atoms. The Labute approximate surface area is 796 Å². The number of carbonyl (C=O) groups excluding carboxylic acids is 17. The Morgan fingerprint density at radius 2 is 0.728 bits per heavy atom. The van der Waals surface area contributed by atoms with Gasteiger partial charge in [-0.15, -0.1) is 0 Å². The number of amides is 17. The molecule has 2 rings (SSSR count). The predicted molar refractivity (Wildman–Crippen MR) is 509 cm³/mol. The van der Waals surface area contributed by atoms with Gasteiger partial charge < -0.3 is 152 Å². The zero-order valence-corrected chi connectivity index (χ0v) is 81.3. The van der Waals surface area contributed by atoms with Crippen LogP contribution in [-0.2, 0) is 86.3 Å². The molecule has 49 heteroatoms.